The molecule has 1 aromatic heterocycles. The molecule has 29 heavy (non-hydrogen) atoms. The average Bonchev–Trinajstić information content (AvgIpc) is 3.14. The third-order valence-electron chi connectivity index (χ3n) is 5.00. The number of nitrogens with one attached hydrogen (secondary N) is 2. The van der Waals surface area contributed by atoms with E-state index >= 15 is 0 Å². The molecular formula is C19H30F3IN4O2. The van der Waals surface area contributed by atoms with Gasteiger partial charge in [0.1, 0.15) is 0 Å². The second-order valence-corrected chi connectivity index (χ2v) is 7.14. The summed E-state index contributed by atoms with van der Waals surface area (Å²) in [4.78, 5) is 8.15. The van der Waals surface area contributed by atoms with E-state index in [0.717, 1.165) is 25.1 Å². The smallest absolute Gasteiger partial charge is 0.422 e. The van der Waals surface area contributed by atoms with Gasteiger partial charge in [0.25, 0.3) is 0 Å². The van der Waals surface area contributed by atoms with E-state index in [1.54, 1.807) is 20.2 Å². The summed E-state index contributed by atoms with van der Waals surface area (Å²) in [6, 6.07) is 3.10. The van der Waals surface area contributed by atoms with Crippen LogP contribution in [0.2, 0.25) is 0 Å². The maximum atomic E-state index is 12.2. The third kappa shape index (κ3) is 9.37. The van der Waals surface area contributed by atoms with Crippen LogP contribution in [-0.4, -0.2) is 51.0 Å². The van der Waals surface area contributed by atoms with Crippen LogP contribution in [0.5, 0.6) is 5.88 Å². The lowest BCUT2D eigenvalue weighted by Crippen LogP contribution is -2.43. The van der Waals surface area contributed by atoms with E-state index in [9.17, 15) is 13.2 Å². The van der Waals surface area contributed by atoms with Crippen LogP contribution >= 0.6 is 24.0 Å². The Morgan fingerprint density at radius 3 is 2.52 bits per heavy atom. The highest BCUT2D eigenvalue weighted by Crippen LogP contribution is 2.40. The highest BCUT2D eigenvalue weighted by molar-refractivity contribution is 14.0. The Morgan fingerprint density at radius 1 is 1.24 bits per heavy atom. The molecule has 0 aromatic carbocycles. The fourth-order valence-corrected chi connectivity index (χ4v) is 3.39. The van der Waals surface area contributed by atoms with Crippen LogP contribution in [0, 0.1) is 5.41 Å². The normalized spacial score (nSPS) is 16.2. The molecule has 2 N–H and O–H groups in total. The molecule has 6 nitrogen and oxygen atoms in total. The Morgan fingerprint density at radius 2 is 1.97 bits per heavy atom. The van der Waals surface area contributed by atoms with Crippen LogP contribution in [-0.2, 0) is 11.3 Å². The van der Waals surface area contributed by atoms with Gasteiger partial charge in [-0.3, -0.25) is 4.99 Å². The molecule has 1 aromatic rings. The topological polar surface area (TPSA) is 67.8 Å². The number of aromatic nitrogens is 1. The summed E-state index contributed by atoms with van der Waals surface area (Å²) >= 11 is 0. The van der Waals surface area contributed by atoms with Gasteiger partial charge in [-0.25, -0.2) is 4.98 Å². The summed E-state index contributed by atoms with van der Waals surface area (Å²) in [7, 11) is 3.43. The minimum Gasteiger partial charge on any atom is -0.468 e. The number of halogens is 4. The molecule has 0 bridgehead atoms. The van der Waals surface area contributed by atoms with Crippen molar-refractivity contribution in [1.29, 1.82) is 0 Å². The number of guanidine groups is 1. The van der Waals surface area contributed by atoms with Crippen molar-refractivity contribution in [3.8, 4) is 5.88 Å². The van der Waals surface area contributed by atoms with Gasteiger partial charge in [-0.1, -0.05) is 18.9 Å². The summed E-state index contributed by atoms with van der Waals surface area (Å²) < 4.78 is 46.3. The van der Waals surface area contributed by atoms with Gasteiger partial charge in [0.2, 0.25) is 5.88 Å². The molecule has 1 fully saturated rings. The standard InChI is InChI=1S/C19H29F3N4O2.HI/c1-23-17(26-13-18(9-10-27-2)7-3-4-8-18)25-12-15-5-6-16(24-11-15)28-14-19(20,21)22;/h5-6,11H,3-4,7-10,12-14H2,1-2H3,(H2,23,25,26);1H. The first kappa shape index (κ1) is 25.7. The van der Waals surface area contributed by atoms with Crippen LogP contribution in [0.3, 0.4) is 0 Å². The van der Waals surface area contributed by atoms with Gasteiger partial charge in [0.05, 0.1) is 0 Å². The number of rotatable bonds is 9. The molecule has 0 saturated heterocycles. The second-order valence-electron chi connectivity index (χ2n) is 7.14. The number of pyridine rings is 1. The number of nitrogens with zero attached hydrogens (tertiary/aromatic N) is 2. The number of hydrogen-bond acceptors (Lipinski definition) is 4. The third-order valence-corrected chi connectivity index (χ3v) is 5.00. The van der Waals surface area contributed by atoms with Gasteiger partial charge in [0, 0.05) is 46.1 Å². The molecule has 0 spiro atoms. The van der Waals surface area contributed by atoms with Crippen molar-refractivity contribution in [2.75, 3.05) is 33.9 Å². The number of ether oxygens (including phenoxy) is 2. The van der Waals surface area contributed by atoms with Crippen molar-refractivity contribution >= 4 is 29.9 Å². The van der Waals surface area contributed by atoms with Gasteiger partial charge in [-0.05, 0) is 30.2 Å². The first-order valence-electron chi connectivity index (χ1n) is 9.44. The second kappa shape index (κ2) is 12.4. The van der Waals surface area contributed by atoms with Crippen LogP contribution in [0.25, 0.3) is 0 Å². The first-order valence-corrected chi connectivity index (χ1v) is 9.44. The van der Waals surface area contributed by atoms with Gasteiger partial charge in [-0.15, -0.1) is 24.0 Å². The van der Waals surface area contributed by atoms with Gasteiger partial charge in [-0.2, -0.15) is 13.2 Å². The van der Waals surface area contributed by atoms with E-state index in [-0.39, 0.29) is 35.3 Å². The lowest BCUT2D eigenvalue weighted by atomic mass is 9.83. The molecule has 0 unspecified atom stereocenters. The van der Waals surface area contributed by atoms with E-state index in [2.05, 4.69) is 25.3 Å². The molecule has 2 rings (SSSR count). The lowest BCUT2D eigenvalue weighted by molar-refractivity contribution is -0.154. The molecule has 1 aliphatic rings. The largest absolute Gasteiger partial charge is 0.468 e. The Balaban J connectivity index is 0.00000420. The summed E-state index contributed by atoms with van der Waals surface area (Å²) in [6.07, 6.45) is 2.99. The quantitative estimate of drug-likeness (QED) is 0.288. The molecule has 0 amide bonds. The Labute approximate surface area is 187 Å². The first-order chi connectivity index (χ1) is 13.4. The molecule has 1 saturated carbocycles. The van der Waals surface area contributed by atoms with E-state index in [0.29, 0.717) is 12.5 Å². The van der Waals surface area contributed by atoms with Crippen molar-refractivity contribution < 1.29 is 22.6 Å². The monoisotopic (exact) mass is 530 g/mol. The molecule has 10 heteroatoms. The van der Waals surface area contributed by atoms with Gasteiger partial charge in [0.15, 0.2) is 12.6 Å². The van der Waals surface area contributed by atoms with Crippen LogP contribution in [0.4, 0.5) is 13.2 Å². The van der Waals surface area contributed by atoms with E-state index in [4.69, 9.17) is 4.74 Å². The summed E-state index contributed by atoms with van der Waals surface area (Å²) in [6.45, 7) is 0.691. The molecule has 0 atom stereocenters. The van der Waals surface area contributed by atoms with Crippen molar-refractivity contribution in [3.63, 3.8) is 0 Å². The fraction of sp³-hybridized carbons (Fsp3) is 0.684. The Kier molecular flexibility index (Phi) is 11.0. The van der Waals surface area contributed by atoms with Crippen molar-refractivity contribution in [3.05, 3.63) is 23.9 Å². The summed E-state index contributed by atoms with van der Waals surface area (Å²) in [5.74, 6) is 0.631. The summed E-state index contributed by atoms with van der Waals surface area (Å²) in [5, 5.41) is 6.60. The highest BCUT2D eigenvalue weighted by Gasteiger charge is 2.33. The molecular weight excluding hydrogens is 500 g/mol. The van der Waals surface area contributed by atoms with Crippen molar-refractivity contribution in [2.24, 2.45) is 10.4 Å². The van der Waals surface area contributed by atoms with E-state index in [1.807, 2.05) is 0 Å². The SMILES string of the molecule is CN=C(NCc1ccc(OCC(F)(F)F)nc1)NCC1(CCOC)CCCC1.I. The van der Waals surface area contributed by atoms with Crippen molar-refractivity contribution in [2.45, 2.75) is 44.8 Å². The maximum absolute atomic E-state index is 12.2. The van der Waals surface area contributed by atoms with Gasteiger partial charge >= 0.3 is 6.18 Å². The fourth-order valence-electron chi connectivity index (χ4n) is 3.39. The molecule has 0 aliphatic heterocycles. The maximum Gasteiger partial charge on any atom is 0.422 e. The zero-order valence-corrected chi connectivity index (χ0v) is 19.2. The predicted molar refractivity (Wildman–Crippen MR) is 117 cm³/mol. The molecule has 0 radical (unpaired) electrons. The lowest BCUT2D eigenvalue weighted by Gasteiger charge is -2.30. The zero-order valence-electron chi connectivity index (χ0n) is 16.8. The van der Waals surface area contributed by atoms with E-state index < -0.39 is 12.8 Å². The number of hydrogen-bond donors (Lipinski definition) is 2. The van der Waals surface area contributed by atoms with Crippen LogP contribution < -0.4 is 15.4 Å². The predicted octanol–water partition coefficient (Wildman–Crippen LogP) is 3.90. The van der Waals surface area contributed by atoms with Crippen LogP contribution in [0.1, 0.15) is 37.7 Å². The van der Waals surface area contributed by atoms with Gasteiger partial charge < -0.3 is 20.1 Å². The van der Waals surface area contributed by atoms with Crippen molar-refractivity contribution in [1.82, 2.24) is 15.6 Å². The zero-order chi connectivity index (χ0) is 20.5. The molecule has 1 heterocycles. The number of alkyl halides is 3. The summed E-state index contributed by atoms with van der Waals surface area (Å²) in [5.41, 5.74) is 1.06. The molecule has 1 aliphatic carbocycles. The minimum atomic E-state index is -4.37. The number of methoxy groups -OCH3 is 1. The number of aliphatic imine (C=N–C) groups is 1. The average molecular weight is 530 g/mol. The van der Waals surface area contributed by atoms with E-state index in [1.165, 1.54) is 37.9 Å². The molecule has 166 valence electrons. The highest BCUT2D eigenvalue weighted by atomic mass is 127. The Bertz CT molecular complexity index is 621. The van der Waals surface area contributed by atoms with Crippen LogP contribution in [0.15, 0.2) is 23.3 Å². The Hall–Kier alpha value is -1.30. The minimum absolute atomic E-state index is 0.